The van der Waals surface area contributed by atoms with Crippen molar-refractivity contribution in [2.45, 2.75) is 32.2 Å². The highest BCUT2D eigenvalue weighted by Gasteiger charge is 2.19. The lowest BCUT2D eigenvalue weighted by Gasteiger charge is -2.17. The van der Waals surface area contributed by atoms with Gasteiger partial charge in [-0.05, 0) is 24.5 Å². The van der Waals surface area contributed by atoms with Crippen LogP contribution in [0.5, 0.6) is 0 Å². The van der Waals surface area contributed by atoms with Crippen LogP contribution >= 0.6 is 22.9 Å². The van der Waals surface area contributed by atoms with E-state index in [2.05, 4.69) is 20.3 Å². The zero-order chi connectivity index (χ0) is 19.5. The molecule has 1 aliphatic heterocycles. The van der Waals surface area contributed by atoms with Crippen molar-refractivity contribution in [3.8, 4) is 0 Å². The van der Waals surface area contributed by atoms with Gasteiger partial charge in [0, 0.05) is 30.9 Å². The molecule has 1 aromatic carbocycles. The molecule has 0 atom stereocenters. The molecule has 3 aromatic rings. The van der Waals surface area contributed by atoms with Crippen molar-refractivity contribution in [2.24, 2.45) is 0 Å². The number of amides is 1. The fourth-order valence-electron chi connectivity index (χ4n) is 3.23. The fourth-order valence-corrected chi connectivity index (χ4v) is 4.35. The topological polar surface area (TPSA) is 79.6 Å². The van der Waals surface area contributed by atoms with Gasteiger partial charge in [0.05, 0.1) is 0 Å². The molecule has 146 valence electrons. The fraction of sp³-hybridized carbons (Fsp3) is 0.368. The molecule has 2 aromatic heterocycles. The number of fused-ring (bicyclic) bond motifs is 1. The Hall–Kier alpha value is -2.45. The third kappa shape index (κ3) is 3.88. The van der Waals surface area contributed by atoms with Crippen molar-refractivity contribution >= 4 is 38.9 Å². The maximum Gasteiger partial charge on any atom is 0.288 e. The highest BCUT2D eigenvalue weighted by atomic mass is 35.5. The van der Waals surface area contributed by atoms with Crippen LogP contribution in [0.2, 0.25) is 5.02 Å². The number of halogens is 1. The van der Waals surface area contributed by atoms with Crippen LogP contribution in [0.3, 0.4) is 0 Å². The molecule has 0 bridgehead atoms. The summed E-state index contributed by atoms with van der Waals surface area (Å²) in [5.41, 5.74) is 0.292. The van der Waals surface area contributed by atoms with Crippen molar-refractivity contribution in [3.63, 3.8) is 0 Å². The number of hydrogen-bond acceptors (Lipinski definition) is 6. The van der Waals surface area contributed by atoms with Gasteiger partial charge in [-0.3, -0.25) is 9.59 Å². The molecule has 28 heavy (non-hydrogen) atoms. The molecule has 0 spiro atoms. The van der Waals surface area contributed by atoms with Crippen LogP contribution < -0.4 is 15.8 Å². The first-order chi connectivity index (χ1) is 13.6. The summed E-state index contributed by atoms with van der Waals surface area (Å²) < 4.78 is 1.23. The number of nitrogens with zero attached hydrogens (tertiary/aromatic N) is 4. The predicted molar refractivity (Wildman–Crippen MR) is 110 cm³/mol. The first kappa shape index (κ1) is 18.9. The molecule has 1 N–H and O–H groups in total. The van der Waals surface area contributed by atoms with Crippen molar-refractivity contribution in [1.82, 2.24) is 19.9 Å². The Morgan fingerprint density at radius 3 is 2.68 bits per heavy atom. The molecule has 0 aliphatic carbocycles. The maximum atomic E-state index is 12.8. The first-order valence-corrected chi connectivity index (χ1v) is 10.5. The molecule has 4 rings (SSSR count). The molecule has 0 saturated carbocycles. The van der Waals surface area contributed by atoms with Gasteiger partial charge in [0.2, 0.25) is 10.1 Å². The highest BCUT2D eigenvalue weighted by molar-refractivity contribution is 7.20. The smallest absolute Gasteiger partial charge is 0.288 e. The Balaban J connectivity index is 1.56. The highest BCUT2D eigenvalue weighted by Crippen LogP contribution is 2.24. The van der Waals surface area contributed by atoms with Gasteiger partial charge >= 0.3 is 0 Å². The lowest BCUT2D eigenvalue weighted by atomic mass is 10.2. The summed E-state index contributed by atoms with van der Waals surface area (Å²) in [6.07, 6.45) is 6.00. The standard InChI is InChI=1S/C19H20ClN5O2S/c20-15-8-4-3-7-13(15)11-21-16(26)14-12-22-18-25(17(14)27)23-19(28-18)24-9-5-1-2-6-10-24/h3-4,7-8,12H,1-2,5-6,9-11H2,(H,21,26). The second kappa shape index (κ2) is 8.28. The van der Waals surface area contributed by atoms with Gasteiger partial charge in [-0.1, -0.05) is 54.0 Å². The second-order valence-corrected chi connectivity index (χ2v) is 8.07. The van der Waals surface area contributed by atoms with Gasteiger partial charge in [0.15, 0.2) is 0 Å². The summed E-state index contributed by atoms with van der Waals surface area (Å²) in [6, 6.07) is 7.24. The average Bonchev–Trinajstić information content (AvgIpc) is 2.95. The Bertz CT molecular complexity index is 1060. The number of nitrogens with one attached hydrogen (secondary N) is 1. The summed E-state index contributed by atoms with van der Waals surface area (Å²) in [5, 5.41) is 8.51. The molecule has 3 heterocycles. The second-order valence-electron chi connectivity index (χ2n) is 6.73. The molecule has 1 saturated heterocycles. The van der Waals surface area contributed by atoms with E-state index in [1.54, 1.807) is 6.07 Å². The van der Waals surface area contributed by atoms with Crippen LogP contribution in [-0.4, -0.2) is 33.6 Å². The molecule has 1 aliphatic rings. The zero-order valence-corrected chi connectivity index (χ0v) is 16.8. The minimum absolute atomic E-state index is 0.0303. The van der Waals surface area contributed by atoms with E-state index < -0.39 is 11.5 Å². The molecule has 0 unspecified atom stereocenters. The summed E-state index contributed by atoms with van der Waals surface area (Å²) >= 11 is 7.49. The Morgan fingerprint density at radius 1 is 1.18 bits per heavy atom. The lowest BCUT2D eigenvalue weighted by Crippen LogP contribution is -2.31. The van der Waals surface area contributed by atoms with Gasteiger partial charge in [-0.25, -0.2) is 4.98 Å². The SMILES string of the molecule is O=C(NCc1ccccc1Cl)c1cnc2sc(N3CCCCCC3)nn2c1=O. The van der Waals surface area contributed by atoms with E-state index in [9.17, 15) is 9.59 Å². The monoisotopic (exact) mass is 417 g/mol. The Kier molecular flexibility index (Phi) is 5.59. The van der Waals surface area contributed by atoms with E-state index in [-0.39, 0.29) is 12.1 Å². The molecular weight excluding hydrogens is 398 g/mol. The number of rotatable bonds is 4. The first-order valence-electron chi connectivity index (χ1n) is 9.29. The van der Waals surface area contributed by atoms with Crippen LogP contribution in [0.4, 0.5) is 5.13 Å². The van der Waals surface area contributed by atoms with Crippen molar-refractivity contribution in [1.29, 1.82) is 0 Å². The van der Waals surface area contributed by atoms with Gasteiger partial charge in [0.1, 0.15) is 5.56 Å². The van der Waals surface area contributed by atoms with Crippen LogP contribution in [-0.2, 0) is 6.54 Å². The average molecular weight is 418 g/mol. The molecule has 7 nitrogen and oxygen atoms in total. The van der Waals surface area contributed by atoms with Gasteiger partial charge < -0.3 is 10.2 Å². The molecule has 1 amide bonds. The van der Waals surface area contributed by atoms with E-state index in [0.717, 1.165) is 36.6 Å². The third-order valence-electron chi connectivity index (χ3n) is 4.79. The number of anilines is 1. The van der Waals surface area contributed by atoms with Crippen molar-refractivity contribution < 1.29 is 4.79 Å². The van der Waals surface area contributed by atoms with Crippen LogP contribution in [0, 0.1) is 0 Å². The number of carbonyl (C=O) groups excluding carboxylic acids is 1. The van der Waals surface area contributed by atoms with Crippen molar-refractivity contribution in [3.05, 3.63) is 57.0 Å². The van der Waals surface area contributed by atoms with Crippen LogP contribution in [0.25, 0.3) is 4.96 Å². The summed E-state index contributed by atoms with van der Waals surface area (Å²) in [7, 11) is 0. The molecular formula is C19H20ClN5O2S. The molecule has 9 heteroatoms. The summed E-state index contributed by atoms with van der Waals surface area (Å²) in [6.45, 7) is 2.09. The minimum atomic E-state index is -0.490. The van der Waals surface area contributed by atoms with Gasteiger partial charge in [0.25, 0.3) is 11.5 Å². The van der Waals surface area contributed by atoms with E-state index in [4.69, 9.17) is 11.6 Å². The largest absolute Gasteiger partial charge is 0.348 e. The Morgan fingerprint density at radius 2 is 1.93 bits per heavy atom. The zero-order valence-electron chi connectivity index (χ0n) is 15.2. The number of benzene rings is 1. The summed E-state index contributed by atoms with van der Waals surface area (Å²) in [4.78, 5) is 32.2. The van der Waals surface area contributed by atoms with Crippen LogP contribution in [0.15, 0.2) is 35.3 Å². The van der Waals surface area contributed by atoms with E-state index in [1.807, 2.05) is 18.2 Å². The normalized spacial score (nSPS) is 14.8. The van der Waals surface area contributed by atoms with Crippen LogP contribution in [0.1, 0.15) is 41.6 Å². The summed E-state index contributed by atoms with van der Waals surface area (Å²) in [5.74, 6) is -0.490. The number of aromatic nitrogens is 3. The lowest BCUT2D eigenvalue weighted by molar-refractivity contribution is 0.0948. The van der Waals surface area contributed by atoms with Gasteiger partial charge in [-0.2, -0.15) is 4.52 Å². The molecule has 1 fully saturated rings. The number of carbonyl (C=O) groups is 1. The Labute approximate surface area is 171 Å². The van der Waals surface area contributed by atoms with Crippen molar-refractivity contribution in [2.75, 3.05) is 18.0 Å². The van der Waals surface area contributed by atoms with E-state index in [0.29, 0.717) is 9.98 Å². The maximum absolute atomic E-state index is 12.8. The minimum Gasteiger partial charge on any atom is -0.348 e. The third-order valence-corrected chi connectivity index (χ3v) is 6.15. The number of hydrogen-bond donors (Lipinski definition) is 1. The predicted octanol–water partition coefficient (Wildman–Crippen LogP) is 3.11. The van der Waals surface area contributed by atoms with E-state index >= 15 is 0 Å². The quantitative estimate of drug-likeness (QED) is 0.705. The van der Waals surface area contributed by atoms with Gasteiger partial charge in [-0.15, -0.1) is 5.10 Å². The van der Waals surface area contributed by atoms with E-state index in [1.165, 1.54) is 34.9 Å². The molecule has 0 radical (unpaired) electrons.